The second kappa shape index (κ2) is 5.82. The molecule has 98 valence electrons. The Morgan fingerprint density at radius 3 is 3.22 bits per heavy atom. The number of hydrogen-bond acceptors (Lipinski definition) is 5. The van der Waals surface area contributed by atoms with Crippen LogP contribution in [-0.2, 0) is 4.74 Å². The highest BCUT2D eigenvalue weighted by atomic mass is 16.5. The quantitative estimate of drug-likeness (QED) is 0.812. The van der Waals surface area contributed by atoms with Crippen LogP contribution in [0.5, 0.6) is 0 Å². The Hall–Kier alpha value is -1.62. The average molecular weight is 249 g/mol. The Balaban J connectivity index is 2.23. The summed E-state index contributed by atoms with van der Waals surface area (Å²) in [6, 6.07) is 3.94. The van der Waals surface area contributed by atoms with Gasteiger partial charge in [0, 0.05) is 31.9 Å². The third kappa shape index (κ3) is 2.79. The molecule has 1 N–H and O–H groups in total. The van der Waals surface area contributed by atoms with E-state index >= 15 is 0 Å². The molecular formula is C13H19N3O2. The van der Waals surface area contributed by atoms with Crippen LogP contribution in [0.25, 0.3) is 0 Å². The molecule has 5 heteroatoms. The number of aromatic nitrogens is 1. The van der Waals surface area contributed by atoms with Crippen molar-refractivity contribution in [2.45, 2.75) is 19.9 Å². The van der Waals surface area contributed by atoms with Gasteiger partial charge in [0.25, 0.3) is 0 Å². The van der Waals surface area contributed by atoms with E-state index in [9.17, 15) is 4.79 Å². The highest BCUT2D eigenvalue weighted by Gasteiger charge is 2.22. The molecule has 2 heterocycles. The summed E-state index contributed by atoms with van der Waals surface area (Å²) in [4.78, 5) is 18.4. The van der Waals surface area contributed by atoms with Crippen LogP contribution in [-0.4, -0.2) is 43.2 Å². The van der Waals surface area contributed by atoms with E-state index in [-0.39, 0.29) is 5.97 Å². The maximum absolute atomic E-state index is 11.9. The summed E-state index contributed by atoms with van der Waals surface area (Å²) < 4.78 is 5.07. The Morgan fingerprint density at radius 1 is 1.67 bits per heavy atom. The number of ether oxygens (including phenoxy) is 1. The van der Waals surface area contributed by atoms with Crippen molar-refractivity contribution in [2.75, 3.05) is 31.1 Å². The van der Waals surface area contributed by atoms with Gasteiger partial charge in [-0.3, -0.25) is 0 Å². The molecule has 1 atom stereocenters. The van der Waals surface area contributed by atoms with E-state index in [1.54, 1.807) is 25.3 Å². The van der Waals surface area contributed by atoms with Crippen molar-refractivity contribution in [1.29, 1.82) is 0 Å². The first-order chi connectivity index (χ1) is 8.72. The number of piperazine rings is 1. The lowest BCUT2D eigenvalue weighted by Crippen LogP contribution is -2.50. The van der Waals surface area contributed by atoms with Crippen molar-refractivity contribution < 1.29 is 9.53 Å². The Labute approximate surface area is 107 Å². The van der Waals surface area contributed by atoms with Gasteiger partial charge in [-0.15, -0.1) is 0 Å². The lowest BCUT2D eigenvalue weighted by molar-refractivity contribution is 0.0526. The fraction of sp³-hybridized carbons (Fsp3) is 0.538. The fourth-order valence-corrected chi connectivity index (χ4v) is 2.14. The molecule has 0 amide bonds. The van der Waals surface area contributed by atoms with Crippen LogP contribution >= 0.6 is 0 Å². The summed E-state index contributed by atoms with van der Waals surface area (Å²) in [6.45, 7) is 6.92. The molecule has 0 radical (unpaired) electrons. The molecule has 1 aromatic rings. The van der Waals surface area contributed by atoms with Crippen molar-refractivity contribution in [3.05, 3.63) is 23.9 Å². The minimum absolute atomic E-state index is 0.299. The molecule has 0 saturated carbocycles. The summed E-state index contributed by atoms with van der Waals surface area (Å²) in [6.07, 6.45) is 1.71. The summed E-state index contributed by atoms with van der Waals surface area (Å²) in [5, 5.41) is 3.37. The zero-order chi connectivity index (χ0) is 13.0. The highest BCUT2D eigenvalue weighted by Crippen LogP contribution is 2.19. The molecule has 1 saturated heterocycles. The average Bonchev–Trinajstić information content (AvgIpc) is 2.39. The van der Waals surface area contributed by atoms with Gasteiger partial charge in [-0.1, -0.05) is 0 Å². The fourth-order valence-electron chi connectivity index (χ4n) is 2.14. The molecule has 2 rings (SSSR count). The lowest BCUT2D eigenvalue weighted by atomic mass is 10.2. The van der Waals surface area contributed by atoms with E-state index in [2.05, 4.69) is 22.1 Å². The molecule has 0 bridgehead atoms. The Morgan fingerprint density at radius 2 is 2.50 bits per heavy atom. The van der Waals surface area contributed by atoms with Gasteiger partial charge in [0.2, 0.25) is 0 Å². The molecule has 1 aliphatic heterocycles. The van der Waals surface area contributed by atoms with E-state index in [0.29, 0.717) is 18.2 Å². The SMILES string of the molecule is CCOC(=O)c1cccnc1N1CCN[C@H](C)C1. The van der Waals surface area contributed by atoms with Crippen molar-refractivity contribution in [2.24, 2.45) is 0 Å². The summed E-state index contributed by atoms with van der Waals surface area (Å²) in [5.41, 5.74) is 0.549. The lowest BCUT2D eigenvalue weighted by Gasteiger charge is -2.33. The van der Waals surface area contributed by atoms with Gasteiger partial charge >= 0.3 is 5.97 Å². The van der Waals surface area contributed by atoms with Crippen molar-refractivity contribution in [3.8, 4) is 0 Å². The third-order valence-corrected chi connectivity index (χ3v) is 2.95. The molecule has 5 nitrogen and oxygen atoms in total. The molecule has 0 aromatic carbocycles. The number of pyridine rings is 1. The molecule has 1 aliphatic rings. The van der Waals surface area contributed by atoms with E-state index in [1.165, 1.54) is 0 Å². The van der Waals surface area contributed by atoms with Gasteiger partial charge in [-0.2, -0.15) is 0 Å². The molecular weight excluding hydrogens is 230 g/mol. The minimum Gasteiger partial charge on any atom is -0.462 e. The number of anilines is 1. The standard InChI is InChI=1S/C13H19N3O2/c1-3-18-13(17)11-5-4-6-15-12(11)16-8-7-14-10(2)9-16/h4-6,10,14H,3,7-9H2,1-2H3/t10-/m1/s1. The van der Waals surface area contributed by atoms with Crippen LogP contribution in [0.1, 0.15) is 24.2 Å². The first kappa shape index (κ1) is 12.8. The number of nitrogens with zero attached hydrogens (tertiary/aromatic N) is 2. The molecule has 0 spiro atoms. The van der Waals surface area contributed by atoms with Gasteiger partial charge in [-0.05, 0) is 26.0 Å². The van der Waals surface area contributed by atoms with E-state index < -0.39 is 0 Å². The predicted octanol–water partition coefficient (Wildman–Crippen LogP) is 1.06. The number of carbonyl (C=O) groups excluding carboxylic acids is 1. The molecule has 1 aromatic heterocycles. The van der Waals surface area contributed by atoms with Crippen LogP contribution < -0.4 is 10.2 Å². The number of rotatable bonds is 3. The molecule has 1 fully saturated rings. The van der Waals surface area contributed by atoms with Crippen molar-refractivity contribution >= 4 is 11.8 Å². The van der Waals surface area contributed by atoms with Gasteiger partial charge in [0.1, 0.15) is 11.4 Å². The zero-order valence-corrected chi connectivity index (χ0v) is 10.8. The number of esters is 1. The van der Waals surface area contributed by atoms with E-state index in [1.807, 2.05) is 0 Å². The highest BCUT2D eigenvalue weighted by molar-refractivity contribution is 5.94. The van der Waals surface area contributed by atoms with E-state index in [4.69, 9.17) is 4.74 Å². The first-order valence-corrected chi connectivity index (χ1v) is 6.33. The number of carbonyl (C=O) groups is 1. The third-order valence-electron chi connectivity index (χ3n) is 2.95. The minimum atomic E-state index is -0.299. The summed E-state index contributed by atoms with van der Waals surface area (Å²) in [7, 11) is 0. The van der Waals surface area contributed by atoms with Crippen LogP contribution in [0.2, 0.25) is 0 Å². The molecule has 0 unspecified atom stereocenters. The maximum Gasteiger partial charge on any atom is 0.341 e. The van der Waals surface area contributed by atoms with Crippen molar-refractivity contribution in [3.63, 3.8) is 0 Å². The Kier molecular flexibility index (Phi) is 4.15. The zero-order valence-electron chi connectivity index (χ0n) is 10.8. The summed E-state index contributed by atoms with van der Waals surface area (Å²) in [5.74, 6) is 0.427. The van der Waals surface area contributed by atoms with Crippen LogP contribution in [0.15, 0.2) is 18.3 Å². The second-order valence-electron chi connectivity index (χ2n) is 4.40. The number of nitrogens with one attached hydrogen (secondary N) is 1. The smallest absolute Gasteiger partial charge is 0.341 e. The van der Waals surface area contributed by atoms with Crippen LogP contribution in [0, 0.1) is 0 Å². The monoisotopic (exact) mass is 249 g/mol. The Bertz CT molecular complexity index is 422. The van der Waals surface area contributed by atoms with Crippen molar-refractivity contribution in [1.82, 2.24) is 10.3 Å². The van der Waals surface area contributed by atoms with E-state index in [0.717, 1.165) is 25.5 Å². The molecule has 0 aliphatic carbocycles. The largest absolute Gasteiger partial charge is 0.462 e. The van der Waals surface area contributed by atoms with Gasteiger partial charge in [-0.25, -0.2) is 9.78 Å². The van der Waals surface area contributed by atoms with Crippen LogP contribution in [0.4, 0.5) is 5.82 Å². The van der Waals surface area contributed by atoms with Crippen LogP contribution in [0.3, 0.4) is 0 Å². The predicted molar refractivity (Wildman–Crippen MR) is 69.9 cm³/mol. The maximum atomic E-state index is 11.9. The topological polar surface area (TPSA) is 54.5 Å². The van der Waals surface area contributed by atoms with Gasteiger partial charge in [0.15, 0.2) is 0 Å². The summed E-state index contributed by atoms with van der Waals surface area (Å²) >= 11 is 0. The normalized spacial score (nSPS) is 19.7. The number of hydrogen-bond donors (Lipinski definition) is 1. The first-order valence-electron chi connectivity index (χ1n) is 6.33. The second-order valence-corrected chi connectivity index (χ2v) is 4.40. The molecule has 18 heavy (non-hydrogen) atoms. The van der Waals surface area contributed by atoms with Gasteiger partial charge < -0.3 is 15.0 Å². The van der Waals surface area contributed by atoms with Gasteiger partial charge in [0.05, 0.1) is 6.61 Å².